The molecule has 18 heavy (non-hydrogen) atoms. The van der Waals surface area contributed by atoms with Crippen LogP contribution in [0.15, 0.2) is 12.3 Å². The van der Waals surface area contributed by atoms with E-state index in [-0.39, 0.29) is 5.78 Å². The number of carbonyl (C=O) groups excluding carboxylic acids is 1. The van der Waals surface area contributed by atoms with E-state index in [1.807, 2.05) is 30.8 Å². The summed E-state index contributed by atoms with van der Waals surface area (Å²) in [7, 11) is 1.95. The van der Waals surface area contributed by atoms with E-state index >= 15 is 0 Å². The number of rotatable bonds is 5. The predicted octanol–water partition coefficient (Wildman–Crippen LogP) is 2.78. The average Bonchev–Trinajstić information content (AvgIpc) is 2.70. The van der Waals surface area contributed by atoms with Crippen molar-refractivity contribution in [3.63, 3.8) is 0 Å². The van der Waals surface area contributed by atoms with Gasteiger partial charge in [-0.05, 0) is 57.5 Å². The van der Waals surface area contributed by atoms with Gasteiger partial charge in [0, 0.05) is 19.7 Å². The van der Waals surface area contributed by atoms with Gasteiger partial charge in [-0.15, -0.1) is 0 Å². The van der Waals surface area contributed by atoms with Gasteiger partial charge >= 0.3 is 0 Å². The molecule has 1 aliphatic rings. The first-order valence-corrected chi connectivity index (χ1v) is 7.05. The Hall–Kier alpha value is -1.09. The molecule has 0 N–H and O–H groups in total. The summed E-state index contributed by atoms with van der Waals surface area (Å²) in [4.78, 5) is 14.6. The predicted molar refractivity (Wildman–Crippen MR) is 74.0 cm³/mol. The van der Waals surface area contributed by atoms with Crippen LogP contribution in [0.25, 0.3) is 0 Å². The van der Waals surface area contributed by atoms with Crippen LogP contribution < -0.4 is 0 Å². The Morgan fingerprint density at radius 2 is 2.00 bits per heavy atom. The largest absolute Gasteiger partial charge is 0.348 e. The number of aryl methyl sites for hydroxylation is 2. The fourth-order valence-electron chi connectivity index (χ4n) is 2.78. The third kappa shape index (κ3) is 3.45. The Kier molecular flexibility index (Phi) is 4.59. The molecule has 0 amide bonds. The molecule has 0 radical (unpaired) electrons. The maximum Gasteiger partial charge on any atom is 0.179 e. The zero-order chi connectivity index (χ0) is 13.0. The van der Waals surface area contributed by atoms with Gasteiger partial charge in [-0.3, -0.25) is 4.79 Å². The molecule has 1 aromatic heterocycles. The summed E-state index contributed by atoms with van der Waals surface area (Å²) in [5, 5.41) is 0. The van der Waals surface area contributed by atoms with Crippen LogP contribution in [0, 0.1) is 6.92 Å². The number of hydrogen-bond donors (Lipinski definition) is 0. The molecule has 0 spiro atoms. The first kappa shape index (κ1) is 13.3. The van der Waals surface area contributed by atoms with Crippen LogP contribution in [0.3, 0.4) is 0 Å². The van der Waals surface area contributed by atoms with E-state index < -0.39 is 0 Å². The second kappa shape index (κ2) is 6.19. The fourth-order valence-corrected chi connectivity index (χ4v) is 2.78. The molecule has 100 valence electrons. The summed E-state index contributed by atoms with van der Waals surface area (Å²) >= 11 is 0. The second-order valence-corrected chi connectivity index (χ2v) is 5.44. The molecule has 2 heterocycles. The van der Waals surface area contributed by atoms with Gasteiger partial charge in [0.15, 0.2) is 5.78 Å². The maximum atomic E-state index is 12.1. The second-order valence-electron chi connectivity index (χ2n) is 5.44. The van der Waals surface area contributed by atoms with Crippen LogP contribution in [0.5, 0.6) is 0 Å². The van der Waals surface area contributed by atoms with E-state index in [4.69, 9.17) is 0 Å². The van der Waals surface area contributed by atoms with Gasteiger partial charge in [0.05, 0.1) is 5.69 Å². The van der Waals surface area contributed by atoms with Crippen molar-refractivity contribution in [1.82, 2.24) is 9.47 Å². The first-order chi connectivity index (χ1) is 8.66. The SMILES string of the molecule is Cc1cc(C(=O)CCCN2CCCCC2)n(C)c1. The molecule has 1 aromatic rings. The molecule has 1 saturated heterocycles. The van der Waals surface area contributed by atoms with Gasteiger partial charge in [0.1, 0.15) is 0 Å². The third-order valence-electron chi connectivity index (χ3n) is 3.75. The Balaban J connectivity index is 1.76. The summed E-state index contributed by atoms with van der Waals surface area (Å²) in [6.45, 7) is 5.55. The van der Waals surface area contributed by atoms with Crippen molar-refractivity contribution in [2.75, 3.05) is 19.6 Å². The van der Waals surface area contributed by atoms with Crippen molar-refractivity contribution < 1.29 is 4.79 Å². The smallest absolute Gasteiger partial charge is 0.179 e. The number of ketones is 1. The lowest BCUT2D eigenvalue weighted by molar-refractivity contribution is 0.0965. The van der Waals surface area contributed by atoms with E-state index in [1.54, 1.807) is 0 Å². The highest BCUT2D eigenvalue weighted by atomic mass is 16.1. The van der Waals surface area contributed by atoms with Crippen molar-refractivity contribution in [2.24, 2.45) is 7.05 Å². The molecule has 0 aromatic carbocycles. The Morgan fingerprint density at radius 3 is 2.61 bits per heavy atom. The molecule has 2 rings (SSSR count). The highest BCUT2D eigenvalue weighted by Gasteiger charge is 2.13. The lowest BCUT2D eigenvalue weighted by Crippen LogP contribution is -2.30. The molecule has 0 aliphatic carbocycles. The minimum Gasteiger partial charge on any atom is -0.348 e. The molecule has 0 atom stereocenters. The number of aromatic nitrogens is 1. The quantitative estimate of drug-likeness (QED) is 0.749. The Morgan fingerprint density at radius 1 is 1.28 bits per heavy atom. The van der Waals surface area contributed by atoms with Gasteiger partial charge in [0.25, 0.3) is 0 Å². The van der Waals surface area contributed by atoms with E-state index in [2.05, 4.69) is 4.90 Å². The number of hydrogen-bond acceptors (Lipinski definition) is 2. The lowest BCUT2D eigenvalue weighted by atomic mass is 10.1. The first-order valence-electron chi connectivity index (χ1n) is 7.05. The van der Waals surface area contributed by atoms with Crippen molar-refractivity contribution in [3.05, 3.63) is 23.5 Å². The summed E-state index contributed by atoms with van der Waals surface area (Å²) in [5.41, 5.74) is 2.02. The lowest BCUT2D eigenvalue weighted by Gasteiger charge is -2.26. The van der Waals surface area contributed by atoms with E-state index in [0.29, 0.717) is 6.42 Å². The van der Waals surface area contributed by atoms with E-state index in [0.717, 1.165) is 24.2 Å². The number of likely N-dealkylation sites (tertiary alicyclic amines) is 1. The topological polar surface area (TPSA) is 25.2 Å². The van der Waals surface area contributed by atoms with Gasteiger partial charge in [0.2, 0.25) is 0 Å². The van der Waals surface area contributed by atoms with Crippen molar-refractivity contribution >= 4 is 5.78 Å². The van der Waals surface area contributed by atoms with Gasteiger partial charge in [-0.2, -0.15) is 0 Å². The molecule has 3 heteroatoms. The molecule has 0 unspecified atom stereocenters. The van der Waals surface area contributed by atoms with Crippen molar-refractivity contribution in [3.8, 4) is 0 Å². The fraction of sp³-hybridized carbons (Fsp3) is 0.667. The molecule has 3 nitrogen and oxygen atoms in total. The summed E-state index contributed by atoms with van der Waals surface area (Å²) < 4.78 is 1.94. The van der Waals surface area contributed by atoms with Crippen molar-refractivity contribution in [1.29, 1.82) is 0 Å². The van der Waals surface area contributed by atoms with Crippen molar-refractivity contribution in [2.45, 2.75) is 39.0 Å². The monoisotopic (exact) mass is 248 g/mol. The van der Waals surface area contributed by atoms with Crippen LogP contribution in [0.2, 0.25) is 0 Å². The van der Waals surface area contributed by atoms with Gasteiger partial charge < -0.3 is 9.47 Å². The minimum atomic E-state index is 0.280. The molecule has 1 fully saturated rings. The summed E-state index contributed by atoms with van der Waals surface area (Å²) in [6.07, 6.45) is 7.70. The Bertz CT molecular complexity index is 403. The van der Waals surface area contributed by atoms with Crippen LogP contribution in [0.1, 0.15) is 48.2 Å². The van der Waals surface area contributed by atoms with E-state index in [9.17, 15) is 4.79 Å². The number of Topliss-reactive ketones (excluding diaryl/α,β-unsaturated/α-hetero) is 1. The van der Waals surface area contributed by atoms with Crippen LogP contribution in [-0.4, -0.2) is 34.9 Å². The van der Waals surface area contributed by atoms with Gasteiger partial charge in [-0.25, -0.2) is 0 Å². The van der Waals surface area contributed by atoms with Crippen LogP contribution in [-0.2, 0) is 7.05 Å². The standard InChI is InChI=1S/C15H24N2O/c1-13-11-14(16(2)12-13)15(18)7-6-10-17-8-4-3-5-9-17/h11-12H,3-10H2,1-2H3. The average molecular weight is 248 g/mol. The number of carbonyl (C=O) groups is 1. The third-order valence-corrected chi connectivity index (χ3v) is 3.75. The minimum absolute atomic E-state index is 0.280. The van der Waals surface area contributed by atoms with E-state index in [1.165, 1.54) is 32.4 Å². The summed E-state index contributed by atoms with van der Waals surface area (Å²) in [6, 6.07) is 1.99. The molecular formula is C15H24N2O. The van der Waals surface area contributed by atoms with Crippen LogP contribution >= 0.6 is 0 Å². The van der Waals surface area contributed by atoms with Gasteiger partial charge in [-0.1, -0.05) is 6.42 Å². The molecule has 0 saturated carbocycles. The van der Waals surface area contributed by atoms with Crippen LogP contribution in [0.4, 0.5) is 0 Å². The molecule has 1 aliphatic heterocycles. The zero-order valence-corrected chi connectivity index (χ0v) is 11.6. The Labute approximate surface area is 110 Å². The highest BCUT2D eigenvalue weighted by molar-refractivity contribution is 5.94. The highest BCUT2D eigenvalue weighted by Crippen LogP contribution is 2.12. The molecular weight excluding hydrogens is 224 g/mol. The molecule has 0 bridgehead atoms. The number of piperidine rings is 1. The zero-order valence-electron chi connectivity index (χ0n) is 11.6. The maximum absolute atomic E-state index is 12.1. The number of nitrogens with zero attached hydrogens (tertiary/aromatic N) is 2. The normalized spacial score (nSPS) is 17.0. The summed E-state index contributed by atoms with van der Waals surface area (Å²) in [5.74, 6) is 0.280.